The van der Waals surface area contributed by atoms with Gasteiger partial charge in [-0.05, 0) is 31.7 Å². The number of halogens is 2. The monoisotopic (exact) mass is 423 g/mol. The van der Waals surface area contributed by atoms with Crippen LogP contribution in [0.5, 0.6) is 5.75 Å². The first kappa shape index (κ1) is 21.3. The smallest absolute Gasteiger partial charge is 0.254 e. The summed E-state index contributed by atoms with van der Waals surface area (Å²) in [6, 6.07) is 3.22. The van der Waals surface area contributed by atoms with Crippen molar-refractivity contribution in [3.8, 4) is 5.75 Å². The molecule has 156 valence electrons. The zero-order chi connectivity index (χ0) is 21.0. The predicted octanol–water partition coefficient (Wildman–Crippen LogP) is 3.08. The van der Waals surface area contributed by atoms with E-state index in [0.717, 1.165) is 12.1 Å². The van der Waals surface area contributed by atoms with Crippen LogP contribution in [0.15, 0.2) is 28.2 Å². The number of hydrogen-bond acceptors (Lipinski definition) is 5. The molecule has 1 amide bonds. The summed E-state index contributed by atoms with van der Waals surface area (Å²) in [6.45, 7) is 2.75. The second-order valence-electron chi connectivity index (χ2n) is 6.91. The highest BCUT2D eigenvalue weighted by Gasteiger charge is 2.25. The first-order chi connectivity index (χ1) is 13.9. The summed E-state index contributed by atoms with van der Waals surface area (Å²) in [5.41, 5.74) is 0.962. The lowest BCUT2D eigenvalue weighted by molar-refractivity contribution is -0.132. The number of thioether (sulfide) groups is 1. The molecule has 1 saturated heterocycles. The molecule has 2 aromatic rings. The van der Waals surface area contributed by atoms with Gasteiger partial charge in [0.15, 0.2) is 16.7 Å². The number of carbonyl (C=O) groups excluding carboxylic acids is 1. The molecule has 0 bridgehead atoms. The fourth-order valence-electron chi connectivity index (χ4n) is 3.34. The van der Waals surface area contributed by atoms with Crippen molar-refractivity contribution in [2.75, 3.05) is 19.3 Å². The number of carbonyl (C=O) groups is 1. The van der Waals surface area contributed by atoms with Crippen molar-refractivity contribution in [1.82, 2.24) is 14.9 Å². The quantitative estimate of drug-likeness (QED) is 0.571. The van der Waals surface area contributed by atoms with E-state index in [-0.39, 0.29) is 29.7 Å². The number of amides is 1. The van der Waals surface area contributed by atoms with Crippen LogP contribution in [0.1, 0.15) is 30.5 Å². The molecule has 1 fully saturated rings. The third-order valence-electron chi connectivity index (χ3n) is 4.97. The average molecular weight is 423 g/mol. The lowest BCUT2D eigenvalue weighted by atomic mass is 10.1. The van der Waals surface area contributed by atoms with Crippen molar-refractivity contribution in [1.29, 1.82) is 0 Å². The minimum absolute atomic E-state index is 0.0204. The minimum Gasteiger partial charge on any atom is -0.487 e. The van der Waals surface area contributed by atoms with Crippen LogP contribution in [0.25, 0.3) is 0 Å². The number of nitrogens with zero attached hydrogens (tertiary/aromatic N) is 2. The lowest BCUT2D eigenvalue weighted by Crippen LogP contribution is -2.42. The van der Waals surface area contributed by atoms with Crippen LogP contribution in [-0.4, -0.2) is 46.2 Å². The summed E-state index contributed by atoms with van der Waals surface area (Å²) >= 11 is 1.36. The van der Waals surface area contributed by atoms with E-state index in [1.807, 2.05) is 6.26 Å². The molecule has 3 rings (SSSR count). The highest BCUT2D eigenvalue weighted by molar-refractivity contribution is 7.98. The van der Waals surface area contributed by atoms with E-state index in [9.17, 15) is 18.4 Å². The Labute approximate surface area is 171 Å². The fourth-order valence-corrected chi connectivity index (χ4v) is 3.76. The van der Waals surface area contributed by atoms with Gasteiger partial charge in [-0.25, -0.2) is 13.8 Å². The zero-order valence-electron chi connectivity index (χ0n) is 16.3. The molecule has 9 heteroatoms. The van der Waals surface area contributed by atoms with Crippen molar-refractivity contribution in [3.05, 3.63) is 51.4 Å². The van der Waals surface area contributed by atoms with E-state index in [1.165, 1.54) is 17.8 Å². The minimum atomic E-state index is -0.731. The van der Waals surface area contributed by atoms with Crippen LogP contribution >= 0.6 is 11.8 Å². The van der Waals surface area contributed by atoms with E-state index in [0.29, 0.717) is 48.8 Å². The Morgan fingerprint density at radius 2 is 2.07 bits per heavy atom. The van der Waals surface area contributed by atoms with Crippen molar-refractivity contribution in [2.45, 2.75) is 43.9 Å². The van der Waals surface area contributed by atoms with Gasteiger partial charge in [-0.15, -0.1) is 0 Å². The van der Waals surface area contributed by atoms with Gasteiger partial charge in [0.05, 0.1) is 0 Å². The fraction of sp³-hybridized carbons (Fsp3) is 0.450. The van der Waals surface area contributed by atoms with Gasteiger partial charge in [0.1, 0.15) is 11.9 Å². The van der Waals surface area contributed by atoms with Gasteiger partial charge < -0.3 is 14.6 Å². The van der Waals surface area contributed by atoms with Crippen molar-refractivity contribution < 1.29 is 18.3 Å². The van der Waals surface area contributed by atoms with Crippen molar-refractivity contribution >= 4 is 17.7 Å². The molecule has 0 unspecified atom stereocenters. The average Bonchev–Trinajstić information content (AvgIpc) is 2.69. The Balaban J connectivity index is 1.51. The summed E-state index contributed by atoms with van der Waals surface area (Å²) in [6.07, 6.45) is 3.28. The molecule has 0 saturated carbocycles. The number of aromatic nitrogens is 2. The Morgan fingerprint density at radius 1 is 1.34 bits per heavy atom. The van der Waals surface area contributed by atoms with Gasteiger partial charge in [-0.1, -0.05) is 11.8 Å². The normalized spacial score (nSPS) is 14.8. The second kappa shape index (κ2) is 9.39. The molecule has 0 aliphatic carbocycles. The number of rotatable bonds is 6. The van der Waals surface area contributed by atoms with Crippen LogP contribution < -0.4 is 10.3 Å². The first-order valence-corrected chi connectivity index (χ1v) is 10.6. The number of piperidine rings is 1. The number of likely N-dealkylation sites (tertiary alicyclic amines) is 1. The van der Waals surface area contributed by atoms with Gasteiger partial charge in [0.25, 0.3) is 5.56 Å². The molecule has 1 aromatic carbocycles. The van der Waals surface area contributed by atoms with Gasteiger partial charge in [-0.2, -0.15) is 0 Å². The standard InChI is InChI=1S/C20H23F2N3O3S/c1-12-15(19(27)24-20(23-12)29-2)4-6-18(26)25-9-7-14(8-10-25)28-17-5-3-13(21)11-16(17)22/h3,5,11,14H,4,6-10H2,1-2H3,(H,23,24,27). The first-order valence-electron chi connectivity index (χ1n) is 9.40. The third-order valence-corrected chi connectivity index (χ3v) is 5.55. The second-order valence-corrected chi connectivity index (χ2v) is 7.71. The number of ether oxygens (including phenoxy) is 1. The van der Waals surface area contributed by atoms with Gasteiger partial charge in [0, 0.05) is 49.7 Å². The van der Waals surface area contributed by atoms with Gasteiger partial charge >= 0.3 is 0 Å². The Bertz CT molecular complexity index is 943. The van der Waals surface area contributed by atoms with Crippen molar-refractivity contribution in [2.24, 2.45) is 0 Å². The number of H-pyrrole nitrogens is 1. The molecule has 0 radical (unpaired) electrons. The summed E-state index contributed by atoms with van der Waals surface area (Å²) in [5.74, 6) is -1.40. The molecule has 6 nitrogen and oxygen atoms in total. The number of aryl methyl sites for hydroxylation is 1. The lowest BCUT2D eigenvalue weighted by Gasteiger charge is -2.32. The maximum Gasteiger partial charge on any atom is 0.254 e. The van der Waals surface area contributed by atoms with E-state index in [2.05, 4.69) is 9.97 Å². The predicted molar refractivity (Wildman–Crippen MR) is 106 cm³/mol. The molecule has 1 aliphatic heterocycles. The molecule has 0 spiro atoms. The molecular weight excluding hydrogens is 400 g/mol. The molecule has 2 heterocycles. The number of hydrogen-bond donors (Lipinski definition) is 1. The third kappa shape index (κ3) is 5.35. The maximum absolute atomic E-state index is 13.7. The molecule has 1 N–H and O–H groups in total. The Hall–Kier alpha value is -2.42. The van der Waals surface area contributed by atoms with E-state index in [1.54, 1.807) is 11.8 Å². The van der Waals surface area contributed by atoms with Crippen LogP contribution in [0, 0.1) is 18.6 Å². The largest absolute Gasteiger partial charge is 0.487 e. The number of benzene rings is 1. The summed E-state index contributed by atoms with van der Waals surface area (Å²) in [4.78, 5) is 33.4. The van der Waals surface area contributed by atoms with Gasteiger partial charge in [0.2, 0.25) is 5.91 Å². The highest BCUT2D eigenvalue weighted by Crippen LogP contribution is 2.23. The van der Waals surface area contributed by atoms with Crippen LogP contribution in [0.4, 0.5) is 8.78 Å². The SMILES string of the molecule is CSc1nc(C)c(CCC(=O)N2CCC(Oc3ccc(F)cc3F)CC2)c(=O)[nH]1. The molecule has 1 aromatic heterocycles. The van der Waals surface area contributed by atoms with Crippen molar-refractivity contribution in [3.63, 3.8) is 0 Å². The molecule has 0 atom stereocenters. The molecule has 29 heavy (non-hydrogen) atoms. The Kier molecular flexibility index (Phi) is 6.89. The molecule has 1 aliphatic rings. The topological polar surface area (TPSA) is 75.3 Å². The number of aromatic amines is 1. The van der Waals surface area contributed by atoms with Crippen LogP contribution in [0.2, 0.25) is 0 Å². The summed E-state index contributed by atoms with van der Waals surface area (Å²) < 4.78 is 32.3. The highest BCUT2D eigenvalue weighted by atomic mass is 32.2. The summed E-state index contributed by atoms with van der Waals surface area (Å²) in [5, 5.41) is 0.558. The van der Waals surface area contributed by atoms with E-state index in [4.69, 9.17) is 4.74 Å². The molecular formula is C20H23F2N3O3S. The van der Waals surface area contributed by atoms with Gasteiger partial charge in [-0.3, -0.25) is 9.59 Å². The maximum atomic E-state index is 13.7. The van der Waals surface area contributed by atoms with E-state index >= 15 is 0 Å². The van der Waals surface area contributed by atoms with Crippen LogP contribution in [-0.2, 0) is 11.2 Å². The Morgan fingerprint density at radius 3 is 2.69 bits per heavy atom. The van der Waals surface area contributed by atoms with Crippen LogP contribution in [0.3, 0.4) is 0 Å². The zero-order valence-corrected chi connectivity index (χ0v) is 17.2. The van der Waals surface area contributed by atoms with E-state index < -0.39 is 11.6 Å². The summed E-state index contributed by atoms with van der Waals surface area (Å²) in [7, 11) is 0. The number of nitrogens with one attached hydrogen (secondary N) is 1.